The maximum absolute atomic E-state index is 12.3. The molecule has 0 spiro atoms. The first-order chi connectivity index (χ1) is 11.9. The minimum absolute atomic E-state index is 0.262. The average Bonchev–Trinajstić information content (AvgIpc) is 2.91. The number of fused-ring (bicyclic) bond motifs is 3. The van der Waals surface area contributed by atoms with E-state index in [2.05, 4.69) is 25.7 Å². The van der Waals surface area contributed by atoms with E-state index in [-0.39, 0.29) is 5.75 Å². The molecule has 0 saturated carbocycles. The van der Waals surface area contributed by atoms with Crippen LogP contribution in [0.15, 0.2) is 65.4 Å². The molecule has 0 saturated heterocycles. The van der Waals surface area contributed by atoms with Crippen molar-refractivity contribution < 1.29 is 17.9 Å². The maximum Gasteiger partial charge on any atom is 0.573 e. The van der Waals surface area contributed by atoms with Crippen LogP contribution in [0.1, 0.15) is 0 Å². The van der Waals surface area contributed by atoms with Gasteiger partial charge in [0.15, 0.2) is 4.73 Å². The van der Waals surface area contributed by atoms with Gasteiger partial charge in [-0.25, -0.2) is 4.98 Å². The molecule has 0 aliphatic rings. The van der Waals surface area contributed by atoms with Crippen LogP contribution in [0.5, 0.6) is 5.75 Å². The molecule has 126 valence electrons. The van der Waals surface area contributed by atoms with Crippen molar-refractivity contribution >= 4 is 37.7 Å². The van der Waals surface area contributed by atoms with E-state index in [1.807, 2.05) is 41.0 Å². The molecular weight excluding hydrogens is 397 g/mol. The van der Waals surface area contributed by atoms with Gasteiger partial charge >= 0.3 is 6.36 Å². The molecular formula is C18H10BrF3N2O. The van der Waals surface area contributed by atoms with E-state index in [4.69, 9.17) is 0 Å². The lowest BCUT2D eigenvalue weighted by atomic mass is 10.1. The lowest BCUT2D eigenvalue weighted by Crippen LogP contribution is -2.17. The van der Waals surface area contributed by atoms with Gasteiger partial charge in [-0.15, -0.1) is 13.2 Å². The summed E-state index contributed by atoms with van der Waals surface area (Å²) in [5.74, 6) is -0.262. The Morgan fingerprint density at radius 1 is 0.920 bits per heavy atom. The summed E-state index contributed by atoms with van der Waals surface area (Å²) in [6.07, 6.45) is -4.71. The van der Waals surface area contributed by atoms with Gasteiger partial charge in [-0.2, -0.15) is 0 Å². The largest absolute Gasteiger partial charge is 0.573 e. The Balaban J connectivity index is 1.84. The van der Waals surface area contributed by atoms with E-state index in [1.165, 1.54) is 12.1 Å². The van der Waals surface area contributed by atoms with Gasteiger partial charge in [0.25, 0.3) is 0 Å². The number of nitrogens with zero attached hydrogens (tertiary/aromatic N) is 2. The van der Waals surface area contributed by atoms with Crippen LogP contribution in [-0.2, 0) is 0 Å². The summed E-state index contributed by atoms with van der Waals surface area (Å²) in [7, 11) is 0. The highest BCUT2D eigenvalue weighted by Crippen LogP contribution is 2.31. The Bertz CT molecular complexity index is 1070. The van der Waals surface area contributed by atoms with Gasteiger partial charge in [-0.3, -0.25) is 4.57 Å². The van der Waals surface area contributed by atoms with E-state index in [0.717, 1.165) is 21.8 Å². The molecule has 0 N–H and O–H groups in total. The van der Waals surface area contributed by atoms with Crippen molar-refractivity contribution in [2.24, 2.45) is 0 Å². The summed E-state index contributed by atoms with van der Waals surface area (Å²) in [5, 5.41) is 2.08. The highest BCUT2D eigenvalue weighted by atomic mass is 79.9. The zero-order valence-corrected chi connectivity index (χ0v) is 14.2. The Kier molecular flexibility index (Phi) is 3.68. The second kappa shape index (κ2) is 5.77. The van der Waals surface area contributed by atoms with Gasteiger partial charge in [0.1, 0.15) is 5.75 Å². The van der Waals surface area contributed by atoms with E-state index in [9.17, 15) is 13.2 Å². The van der Waals surface area contributed by atoms with Gasteiger partial charge in [-0.1, -0.05) is 30.3 Å². The quantitative estimate of drug-likeness (QED) is 0.418. The Hall–Kier alpha value is -2.54. The van der Waals surface area contributed by atoms with Crippen molar-refractivity contribution in [2.45, 2.75) is 6.36 Å². The monoisotopic (exact) mass is 406 g/mol. The predicted octanol–water partition coefficient (Wildman–Crippen LogP) is 5.84. The Morgan fingerprint density at radius 2 is 1.64 bits per heavy atom. The predicted molar refractivity (Wildman–Crippen MR) is 93.0 cm³/mol. The van der Waals surface area contributed by atoms with E-state index in [1.54, 1.807) is 12.1 Å². The van der Waals surface area contributed by atoms with Crippen molar-refractivity contribution in [3.63, 3.8) is 0 Å². The lowest BCUT2D eigenvalue weighted by molar-refractivity contribution is -0.274. The summed E-state index contributed by atoms with van der Waals surface area (Å²) in [6.45, 7) is 0. The van der Waals surface area contributed by atoms with Gasteiger partial charge in [0, 0.05) is 11.1 Å². The summed E-state index contributed by atoms with van der Waals surface area (Å²) < 4.78 is 43.2. The molecule has 0 bridgehead atoms. The summed E-state index contributed by atoms with van der Waals surface area (Å²) >= 11 is 3.44. The average molecular weight is 407 g/mol. The Labute approximate surface area is 148 Å². The first kappa shape index (κ1) is 16.0. The Morgan fingerprint density at radius 3 is 2.36 bits per heavy atom. The lowest BCUT2D eigenvalue weighted by Gasteiger charge is -2.10. The van der Waals surface area contributed by atoms with Gasteiger partial charge in [0.05, 0.1) is 11.0 Å². The number of rotatable bonds is 2. The van der Waals surface area contributed by atoms with E-state index < -0.39 is 6.36 Å². The second-order valence-corrected chi connectivity index (χ2v) is 6.12. The standard InChI is InChI=1S/C18H10BrF3N2O/c19-17-23-16-14-4-2-1-3-11(14)5-10-15(16)24(17)12-6-8-13(9-7-12)25-18(20,21)22/h1-10H. The SMILES string of the molecule is FC(F)(F)Oc1ccc(-n2c(Br)nc3c4ccccc4ccc32)cc1. The second-order valence-electron chi connectivity index (χ2n) is 5.41. The number of aromatic nitrogens is 2. The molecule has 1 aromatic heterocycles. The molecule has 0 unspecified atom stereocenters. The van der Waals surface area contributed by atoms with Crippen molar-refractivity contribution in [2.75, 3.05) is 0 Å². The molecule has 0 amide bonds. The minimum Gasteiger partial charge on any atom is -0.406 e. The van der Waals surface area contributed by atoms with Crippen LogP contribution in [-0.4, -0.2) is 15.9 Å². The molecule has 0 atom stereocenters. The van der Waals surface area contributed by atoms with E-state index >= 15 is 0 Å². The van der Waals surface area contributed by atoms with Crippen LogP contribution < -0.4 is 4.74 Å². The van der Waals surface area contributed by atoms with E-state index in [0.29, 0.717) is 10.4 Å². The van der Waals surface area contributed by atoms with Crippen molar-refractivity contribution in [3.05, 3.63) is 65.4 Å². The molecule has 0 radical (unpaired) electrons. The highest BCUT2D eigenvalue weighted by Gasteiger charge is 2.31. The topological polar surface area (TPSA) is 27.1 Å². The molecule has 3 aromatic carbocycles. The number of hydrogen-bond donors (Lipinski definition) is 0. The minimum atomic E-state index is -4.71. The maximum atomic E-state index is 12.3. The number of alkyl halides is 3. The highest BCUT2D eigenvalue weighted by molar-refractivity contribution is 9.10. The summed E-state index contributed by atoms with van der Waals surface area (Å²) in [4.78, 5) is 4.57. The third-order valence-electron chi connectivity index (χ3n) is 3.84. The van der Waals surface area contributed by atoms with Gasteiger partial charge in [-0.05, 0) is 51.6 Å². The molecule has 4 aromatic rings. The molecule has 0 aliphatic carbocycles. The number of benzene rings is 3. The third-order valence-corrected chi connectivity index (χ3v) is 4.37. The van der Waals surface area contributed by atoms with Crippen molar-refractivity contribution in [3.8, 4) is 11.4 Å². The number of hydrogen-bond acceptors (Lipinski definition) is 2. The molecule has 4 rings (SSSR count). The molecule has 0 aliphatic heterocycles. The number of halogens is 4. The number of ether oxygens (including phenoxy) is 1. The van der Waals surface area contributed by atoms with Crippen LogP contribution in [0.3, 0.4) is 0 Å². The van der Waals surface area contributed by atoms with Crippen LogP contribution in [0.2, 0.25) is 0 Å². The zero-order chi connectivity index (χ0) is 17.6. The van der Waals surface area contributed by atoms with Gasteiger partial charge in [0.2, 0.25) is 0 Å². The van der Waals surface area contributed by atoms with Crippen LogP contribution in [0.4, 0.5) is 13.2 Å². The van der Waals surface area contributed by atoms with Crippen molar-refractivity contribution in [1.82, 2.24) is 9.55 Å². The van der Waals surface area contributed by atoms with Crippen LogP contribution in [0, 0.1) is 0 Å². The number of imidazole rings is 1. The fourth-order valence-electron chi connectivity index (χ4n) is 2.83. The molecule has 1 heterocycles. The fraction of sp³-hybridized carbons (Fsp3) is 0.0556. The smallest absolute Gasteiger partial charge is 0.406 e. The normalized spacial score (nSPS) is 12.0. The summed E-state index contributed by atoms with van der Waals surface area (Å²) in [6, 6.07) is 17.5. The fourth-order valence-corrected chi connectivity index (χ4v) is 3.40. The van der Waals surface area contributed by atoms with Gasteiger partial charge < -0.3 is 4.74 Å². The first-order valence-electron chi connectivity index (χ1n) is 7.34. The molecule has 7 heteroatoms. The first-order valence-corrected chi connectivity index (χ1v) is 8.13. The third kappa shape index (κ3) is 2.95. The summed E-state index contributed by atoms with van der Waals surface area (Å²) in [5.41, 5.74) is 2.36. The van der Waals surface area contributed by atoms with Crippen LogP contribution >= 0.6 is 15.9 Å². The molecule has 25 heavy (non-hydrogen) atoms. The molecule has 3 nitrogen and oxygen atoms in total. The van der Waals surface area contributed by atoms with Crippen LogP contribution in [0.25, 0.3) is 27.5 Å². The van der Waals surface area contributed by atoms with Crippen molar-refractivity contribution in [1.29, 1.82) is 0 Å². The molecule has 0 fully saturated rings. The zero-order valence-electron chi connectivity index (χ0n) is 12.6.